The Morgan fingerprint density at radius 2 is 1.81 bits per heavy atom. The summed E-state index contributed by atoms with van der Waals surface area (Å²) in [5.74, 6) is -0.453. The second kappa shape index (κ2) is 10.5. The van der Waals surface area contributed by atoms with Gasteiger partial charge in [0.25, 0.3) is 10.0 Å². The Kier molecular flexibility index (Phi) is 7.54. The number of alkyl halides is 3. The summed E-state index contributed by atoms with van der Waals surface area (Å²) in [6, 6.07) is 15.6. The summed E-state index contributed by atoms with van der Waals surface area (Å²) in [5, 5.41) is 9.04. The molecule has 194 valence electrons. The van der Waals surface area contributed by atoms with Gasteiger partial charge < -0.3 is 14.5 Å². The molecule has 0 spiro atoms. The Morgan fingerprint density at radius 1 is 1.08 bits per heavy atom. The fourth-order valence-electron chi connectivity index (χ4n) is 3.76. The zero-order valence-electron chi connectivity index (χ0n) is 19.4. The van der Waals surface area contributed by atoms with Crippen molar-refractivity contribution in [1.82, 2.24) is 4.90 Å². The molecule has 0 aromatic heterocycles. The topological polar surface area (TPSA) is 82.9 Å². The zero-order valence-corrected chi connectivity index (χ0v) is 21.0. The number of likely N-dealkylation sites (N-methyl/N-ethyl adjacent to an activating group) is 1. The van der Waals surface area contributed by atoms with Crippen molar-refractivity contribution in [3.05, 3.63) is 82.9 Å². The van der Waals surface area contributed by atoms with Crippen LogP contribution < -0.4 is 14.0 Å². The highest BCUT2D eigenvalue weighted by Crippen LogP contribution is 2.40. The predicted molar refractivity (Wildman–Crippen MR) is 131 cm³/mol. The SMILES string of the molecule is CN1CC[C@@H](Oc2cc(C(F)(F)F)ccc2N(Oc2ccc(C#N)cc2Cl)S(=O)(=O)c2ccccc2)C1. The van der Waals surface area contributed by atoms with Crippen molar-refractivity contribution in [1.29, 1.82) is 5.26 Å². The molecule has 1 saturated heterocycles. The lowest BCUT2D eigenvalue weighted by Gasteiger charge is -2.27. The van der Waals surface area contributed by atoms with Gasteiger partial charge in [-0.25, -0.2) is 0 Å². The highest BCUT2D eigenvalue weighted by atomic mass is 35.5. The monoisotopic (exact) mass is 551 g/mol. The molecule has 1 aliphatic heterocycles. The number of sulfonamides is 1. The molecule has 1 aliphatic rings. The third kappa shape index (κ3) is 5.93. The van der Waals surface area contributed by atoms with Gasteiger partial charge in [0.2, 0.25) is 0 Å². The predicted octanol–water partition coefficient (Wildman–Crippen LogP) is 5.50. The Hall–Kier alpha value is -3.46. The van der Waals surface area contributed by atoms with Crippen LogP contribution in [0.1, 0.15) is 17.5 Å². The summed E-state index contributed by atoms with van der Waals surface area (Å²) < 4.78 is 74.6. The number of rotatable bonds is 7. The quantitative estimate of drug-likeness (QED) is 0.361. The van der Waals surface area contributed by atoms with Crippen molar-refractivity contribution in [2.24, 2.45) is 0 Å². The Bertz CT molecular complexity index is 1430. The van der Waals surface area contributed by atoms with E-state index in [0.29, 0.717) is 24.0 Å². The van der Waals surface area contributed by atoms with Crippen molar-refractivity contribution in [3.8, 4) is 17.6 Å². The molecule has 0 amide bonds. The zero-order chi connectivity index (χ0) is 26.8. The van der Waals surface area contributed by atoms with Crippen LogP contribution in [0.25, 0.3) is 0 Å². The summed E-state index contributed by atoms with van der Waals surface area (Å²) in [6.07, 6.45) is -4.62. The fourth-order valence-corrected chi connectivity index (χ4v) is 5.25. The molecule has 0 radical (unpaired) electrons. The van der Waals surface area contributed by atoms with E-state index in [0.717, 1.165) is 18.2 Å². The molecular weight excluding hydrogens is 531 g/mol. The summed E-state index contributed by atoms with van der Waals surface area (Å²) in [4.78, 5) is 7.51. The number of nitriles is 1. The molecule has 0 saturated carbocycles. The van der Waals surface area contributed by atoms with Crippen LogP contribution in [0.15, 0.2) is 71.6 Å². The molecule has 3 aromatic carbocycles. The van der Waals surface area contributed by atoms with E-state index in [2.05, 4.69) is 0 Å². The lowest BCUT2D eigenvalue weighted by atomic mass is 10.2. The number of benzene rings is 3. The number of likely N-dealkylation sites (tertiary alicyclic amines) is 1. The summed E-state index contributed by atoms with van der Waals surface area (Å²) >= 11 is 6.23. The molecule has 0 unspecified atom stereocenters. The molecule has 1 heterocycles. The number of halogens is 4. The Morgan fingerprint density at radius 3 is 2.41 bits per heavy atom. The average molecular weight is 552 g/mol. The minimum atomic E-state index is -4.69. The van der Waals surface area contributed by atoms with Crippen molar-refractivity contribution in [2.45, 2.75) is 23.6 Å². The van der Waals surface area contributed by atoms with Gasteiger partial charge >= 0.3 is 6.18 Å². The van der Waals surface area contributed by atoms with Crippen LogP contribution in [0.4, 0.5) is 18.9 Å². The van der Waals surface area contributed by atoms with Gasteiger partial charge in [-0.1, -0.05) is 34.3 Å². The maximum absolute atomic E-state index is 13.7. The summed E-state index contributed by atoms with van der Waals surface area (Å²) in [6.45, 7) is 1.12. The molecule has 0 aliphatic carbocycles. The molecule has 1 atom stereocenters. The van der Waals surface area contributed by atoms with Gasteiger partial charge in [0.05, 0.1) is 27.1 Å². The largest absolute Gasteiger partial charge is 0.487 e. The number of anilines is 1. The van der Waals surface area contributed by atoms with E-state index >= 15 is 0 Å². The van der Waals surface area contributed by atoms with Gasteiger partial charge in [-0.2, -0.15) is 26.9 Å². The van der Waals surface area contributed by atoms with E-state index in [4.69, 9.17) is 26.4 Å². The fraction of sp³-hybridized carbons (Fsp3) is 0.240. The minimum Gasteiger partial charge on any atom is -0.487 e. The molecular formula is C25H21ClF3N3O4S. The van der Waals surface area contributed by atoms with Gasteiger partial charge in [-0.15, -0.1) is 0 Å². The lowest BCUT2D eigenvalue weighted by molar-refractivity contribution is -0.137. The second-order valence-electron chi connectivity index (χ2n) is 8.36. The van der Waals surface area contributed by atoms with Crippen LogP contribution in [-0.4, -0.2) is 39.6 Å². The van der Waals surface area contributed by atoms with E-state index in [9.17, 15) is 21.6 Å². The number of nitrogens with zero attached hydrogens (tertiary/aromatic N) is 3. The van der Waals surface area contributed by atoms with Gasteiger partial charge in [0, 0.05) is 13.1 Å². The molecule has 1 fully saturated rings. The average Bonchev–Trinajstić information content (AvgIpc) is 3.27. The van der Waals surface area contributed by atoms with Crippen molar-refractivity contribution in [3.63, 3.8) is 0 Å². The maximum atomic E-state index is 13.7. The number of hydrogen-bond acceptors (Lipinski definition) is 6. The Balaban J connectivity index is 1.87. The van der Waals surface area contributed by atoms with E-state index in [1.165, 1.54) is 42.5 Å². The third-order valence-corrected chi connectivity index (χ3v) is 7.50. The van der Waals surface area contributed by atoms with E-state index in [-0.39, 0.29) is 32.7 Å². The first-order valence-electron chi connectivity index (χ1n) is 11.0. The first-order valence-corrected chi connectivity index (χ1v) is 12.9. The smallest absolute Gasteiger partial charge is 0.416 e. The highest BCUT2D eigenvalue weighted by Gasteiger charge is 2.36. The summed E-state index contributed by atoms with van der Waals surface area (Å²) in [5.41, 5.74) is -1.07. The maximum Gasteiger partial charge on any atom is 0.416 e. The standard InChI is InChI=1S/C25H21ClF3N3O4S/c1-31-12-11-19(16-31)35-24-14-18(25(27,28)29)8-9-22(24)32(37(33,34)20-5-3-2-4-6-20)36-23-10-7-17(15-30)13-21(23)26/h2-10,13-14,19H,11-12,16H2,1H3/t19-/m1/s1. The van der Waals surface area contributed by atoms with Crippen LogP contribution in [0, 0.1) is 11.3 Å². The third-order valence-electron chi connectivity index (χ3n) is 5.63. The van der Waals surface area contributed by atoms with Crippen LogP contribution in [0.5, 0.6) is 11.5 Å². The van der Waals surface area contributed by atoms with Crippen molar-refractivity contribution in [2.75, 3.05) is 24.6 Å². The van der Waals surface area contributed by atoms with E-state index in [1.54, 1.807) is 6.07 Å². The van der Waals surface area contributed by atoms with Crippen LogP contribution in [0.3, 0.4) is 0 Å². The minimum absolute atomic E-state index is 0.0703. The normalized spacial score (nSPS) is 16.3. The van der Waals surface area contributed by atoms with Crippen molar-refractivity contribution < 1.29 is 31.2 Å². The molecule has 4 rings (SSSR count). The lowest BCUT2D eigenvalue weighted by Crippen LogP contribution is -2.35. The highest BCUT2D eigenvalue weighted by molar-refractivity contribution is 7.92. The van der Waals surface area contributed by atoms with Crippen LogP contribution in [0.2, 0.25) is 5.02 Å². The Labute approximate surface area is 217 Å². The number of ether oxygens (including phenoxy) is 1. The molecule has 12 heteroatoms. The molecule has 3 aromatic rings. The van der Waals surface area contributed by atoms with Crippen LogP contribution in [-0.2, 0) is 16.2 Å². The van der Waals surface area contributed by atoms with E-state index in [1.807, 2.05) is 18.0 Å². The van der Waals surface area contributed by atoms with Gasteiger partial charge in [0.15, 0.2) is 5.75 Å². The first-order chi connectivity index (χ1) is 17.5. The van der Waals surface area contributed by atoms with Gasteiger partial charge in [-0.3, -0.25) is 0 Å². The second-order valence-corrected chi connectivity index (χ2v) is 10.5. The summed E-state index contributed by atoms with van der Waals surface area (Å²) in [7, 11) is -2.64. The molecule has 0 N–H and O–H groups in total. The van der Waals surface area contributed by atoms with Crippen molar-refractivity contribution >= 4 is 27.3 Å². The first kappa shape index (κ1) is 26.6. The van der Waals surface area contributed by atoms with E-state index < -0.39 is 27.9 Å². The molecule has 7 nitrogen and oxygen atoms in total. The van der Waals surface area contributed by atoms with Gasteiger partial charge in [-0.05, 0) is 62.0 Å². The molecule has 0 bridgehead atoms. The molecule has 37 heavy (non-hydrogen) atoms. The van der Waals surface area contributed by atoms with Gasteiger partial charge in [0.1, 0.15) is 17.5 Å². The number of hydrogen-bond donors (Lipinski definition) is 0. The van der Waals surface area contributed by atoms with Crippen LogP contribution >= 0.6 is 11.6 Å².